The molecule has 0 aliphatic rings. The van der Waals surface area contributed by atoms with Crippen LogP contribution in [0, 0.1) is 5.41 Å². The molecule has 146 valence electrons. The van der Waals surface area contributed by atoms with Crippen molar-refractivity contribution in [3.63, 3.8) is 0 Å². The van der Waals surface area contributed by atoms with E-state index in [0.29, 0.717) is 11.8 Å². The minimum absolute atomic E-state index is 0.0270. The van der Waals surface area contributed by atoms with Crippen molar-refractivity contribution in [1.29, 1.82) is 5.41 Å². The molecule has 0 aliphatic heterocycles. The molecule has 28 heavy (non-hydrogen) atoms. The van der Waals surface area contributed by atoms with Gasteiger partial charge < -0.3 is 10.2 Å². The Morgan fingerprint density at radius 1 is 0.893 bits per heavy atom. The molecule has 0 bridgehead atoms. The van der Waals surface area contributed by atoms with E-state index >= 15 is 0 Å². The maximum absolute atomic E-state index is 13.6. The Kier molecular flexibility index (Phi) is 4.97. The fourth-order valence-electron chi connectivity index (χ4n) is 2.75. The Hall–Kier alpha value is -3.16. The number of benzene rings is 3. The van der Waals surface area contributed by atoms with E-state index in [4.69, 9.17) is 5.41 Å². The SMILES string of the molecule is CN(C(=N)Nc1cccc2ccccc12)c1cccc(C(F)(F)C(F)(F)F)c1. The lowest BCUT2D eigenvalue weighted by Crippen LogP contribution is -2.35. The summed E-state index contributed by atoms with van der Waals surface area (Å²) in [5, 5.41) is 12.9. The van der Waals surface area contributed by atoms with E-state index in [2.05, 4.69) is 5.32 Å². The zero-order valence-electron chi connectivity index (χ0n) is 14.7. The van der Waals surface area contributed by atoms with Gasteiger partial charge in [0.1, 0.15) is 0 Å². The molecule has 0 heterocycles. The molecular weight excluding hydrogens is 377 g/mol. The fourth-order valence-corrected chi connectivity index (χ4v) is 2.75. The number of fused-ring (bicyclic) bond motifs is 1. The Bertz CT molecular complexity index is 1010. The molecule has 0 amide bonds. The zero-order valence-corrected chi connectivity index (χ0v) is 14.7. The molecule has 0 fully saturated rings. The van der Waals surface area contributed by atoms with Gasteiger partial charge in [0.2, 0.25) is 0 Å². The summed E-state index contributed by atoms with van der Waals surface area (Å²) in [5.74, 6) is -5.15. The van der Waals surface area contributed by atoms with Crippen molar-refractivity contribution >= 4 is 28.1 Å². The van der Waals surface area contributed by atoms with Gasteiger partial charge in [0.05, 0.1) is 0 Å². The van der Waals surface area contributed by atoms with Crippen LogP contribution in [-0.4, -0.2) is 19.2 Å². The van der Waals surface area contributed by atoms with E-state index in [-0.39, 0.29) is 11.6 Å². The van der Waals surface area contributed by atoms with Gasteiger partial charge in [-0.15, -0.1) is 0 Å². The first-order valence-electron chi connectivity index (χ1n) is 8.23. The normalized spacial score (nSPS) is 12.1. The molecule has 3 aromatic carbocycles. The van der Waals surface area contributed by atoms with Crippen LogP contribution in [0.25, 0.3) is 10.8 Å². The highest BCUT2D eigenvalue weighted by atomic mass is 19.4. The number of alkyl halides is 5. The van der Waals surface area contributed by atoms with E-state index in [1.165, 1.54) is 18.0 Å². The molecule has 0 saturated carbocycles. The Morgan fingerprint density at radius 2 is 1.54 bits per heavy atom. The number of halogens is 5. The van der Waals surface area contributed by atoms with E-state index in [1.807, 2.05) is 30.3 Å². The van der Waals surface area contributed by atoms with Crippen LogP contribution < -0.4 is 10.2 Å². The van der Waals surface area contributed by atoms with Crippen molar-refractivity contribution in [2.45, 2.75) is 12.1 Å². The van der Waals surface area contributed by atoms with Crippen molar-refractivity contribution in [3.05, 3.63) is 72.3 Å². The predicted octanol–water partition coefficient (Wildman–Crippen LogP) is 5.98. The van der Waals surface area contributed by atoms with E-state index in [1.54, 1.807) is 12.1 Å². The first-order valence-corrected chi connectivity index (χ1v) is 8.23. The molecule has 0 saturated heterocycles. The molecule has 3 nitrogen and oxygen atoms in total. The Labute approximate surface area is 157 Å². The Morgan fingerprint density at radius 3 is 2.25 bits per heavy atom. The van der Waals surface area contributed by atoms with Gasteiger partial charge in [-0.25, -0.2) is 0 Å². The highest BCUT2D eigenvalue weighted by Crippen LogP contribution is 2.44. The number of hydrogen-bond donors (Lipinski definition) is 2. The highest BCUT2D eigenvalue weighted by Gasteiger charge is 2.58. The second-order valence-electron chi connectivity index (χ2n) is 6.18. The first kappa shape index (κ1) is 19.6. The standard InChI is InChI=1S/C20H16F5N3/c1-28(15-9-5-8-14(12-15)19(21,22)20(23,24)25)18(26)27-17-11-4-7-13-6-2-3-10-16(13)17/h2-12H,1H3,(H2,26,27). The average molecular weight is 393 g/mol. The van der Waals surface area contributed by atoms with Crippen LogP contribution in [0.2, 0.25) is 0 Å². The summed E-state index contributed by atoms with van der Waals surface area (Å²) in [6.07, 6.45) is -5.70. The number of anilines is 2. The summed E-state index contributed by atoms with van der Waals surface area (Å²) >= 11 is 0. The summed E-state index contributed by atoms with van der Waals surface area (Å²) in [4.78, 5) is 1.19. The van der Waals surface area contributed by atoms with Gasteiger partial charge in [0, 0.05) is 29.4 Å². The van der Waals surface area contributed by atoms with Gasteiger partial charge in [0.25, 0.3) is 0 Å². The van der Waals surface area contributed by atoms with Crippen LogP contribution in [0.5, 0.6) is 0 Å². The number of nitrogens with one attached hydrogen (secondary N) is 2. The second kappa shape index (κ2) is 7.10. The second-order valence-corrected chi connectivity index (χ2v) is 6.18. The van der Waals surface area contributed by atoms with Gasteiger partial charge in [-0.05, 0) is 23.6 Å². The van der Waals surface area contributed by atoms with Crippen LogP contribution in [0.3, 0.4) is 0 Å². The maximum atomic E-state index is 13.6. The molecule has 3 aromatic rings. The summed E-state index contributed by atoms with van der Waals surface area (Å²) in [6, 6.07) is 16.8. The predicted molar refractivity (Wildman–Crippen MR) is 100 cm³/mol. The first-order chi connectivity index (χ1) is 13.1. The third-order valence-electron chi connectivity index (χ3n) is 4.33. The average Bonchev–Trinajstić information content (AvgIpc) is 2.67. The van der Waals surface area contributed by atoms with Gasteiger partial charge in [-0.1, -0.05) is 48.5 Å². The van der Waals surface area contributed by atoms with Crippen LogP contribution in [0.1, 0.15) is 5.56 Å². The number of rotatable bonds is 3. The van der Waals surface area contributed by atoms with Crippen molar-refractivity contribution in [2.24, 2.45) is 0 Å². The maximum Gasteiger partial charge on any atom is 0.458 e. The highest BCUT2D eigenvalue weighted by molar-refractivity contribution is 6.08. The fraction of sp³-hybridized carbons (Fsp3) is 0.150. The summed E-state index contributed by atoms with van der Waals surface area (Å²) in [5.41, 5.74) is -0.534. The molecule has 8 heteroatoms. The van der Waals surface area contributed by atoms with Crippen LogP contribution in [0.4, 0.5) is 33.3 Å². The minimum atomic E-state index is -5.70. The summed E-state index contributed by atoms with van der Waals surface area (Å²) in [6.45, 7) is 0. The molecule has 0 atom stereocenters. The van der Waals surface area contributed by atoms with Crippen molar-refractivity contribution in [2.75, 3.05) is 17.3 Å². The molecule has 3 rings (SSSR count). The summed E-state index contributed by atoms with van der Waals surface area (Å²) < 4.78 is 65.1. The molecular formula is C20H16F5N3. The Balaban J connectivity index is 1.87. The lowest BCUT2D eigenvalue weighted by Gasteiger charge is -2.24. The quantitative estimate of drug-likeness (QED) is 0.327. The molecule has 0 radical (unpaired) electrons. The molecule has 0 spiro atoms. The topological polar surface area (TPSA) is 39.1 Å². The third-order valence-corrected chi connectivity index (χ3v) is 4.33. The third kappa shape index (κ3) is 3.62. The minimum Gasteiger partial charge on any atom is -0.326 e. The zero-order chi connectivity index (χ0) is 20.5. The van der Waals surface area contributed by atoms with Gasteiger partial charge in [-0.3, -0.25) is 5.41 Å². The van der Waals surface area contributed by atoms with Crippen LogP contribution in [0.15, 0.2) is 66.7 Å². The number of hydrogen-bond acceptors (Lipinski definition) is 1. The van der Waals surface area contributed by atoms with Gasteiger partial charge in [-0.2, -0.15) is 22.0 Å². The number of guanidine groups is 1. The van der Waals surface area contributed by atoms with E-state index in [9.17, 15) is 22.0 Å². The molecule has 0 aliphatic carbocycles. The number of nitrogens with zero attached hydrogens (tertiary/aromatic N) is 1. The van der Waals surface area contributed by atoms with Crippen LogP contribution in [-0.2, 0) is 5.92 Å². The van der Waals surface area contributed by atoms with Gasteiger partial charge in [0.15, 0.2) is 5.96 Å². The molecule has 0 aromatic heterocycles. The van der Waals surface area contributed by atoms with Gasteiger partial charge >= 0.3 is 12.1 Å². The largest absolute Gasteiger partial charge is 0.458 e. The molecule has 2 N–H and O–H groups in total. The summed E-state index contributed by atoms with van der Waals surface area (Å²) in [7, 11) is 1.41. The van der Waals surface area contributed by atoms with E-state index in [0.717, 1.165) is 22.9 Å². The lowest BCUT2D eigenvalue weighted by atomic mass is 10.1. The van der Waals surface area contributed by atoms with Crippen molar-refractivity contribution < 1.29 is 22.0 Å². The van der Waals surface area contributed by atoms with Crippen LogP contribution >= 0.6 is 0 Å². The lowest BCUT2D eigenvalue weighted by molar-refractivity contribution is -0.289. The van der Waals surface area contributed by atoms with Crippen molar-refractivity contribution in [1.82, 2.24) is 0 Å². The molecule has 0 unspecified atom stereocenters. The monoisotopic (exact) mass is 393 g/mol. The smallest absolute Gasteiger partial charge is 0.326 e. The van der Waals surface area contributed by atoms with Crippen molar-refractivity contribution in [3.8, 4) is 0 Å². The van der Waals surface area contributed by atoms with E-state index < -0.39 is 17.7 Å².